The van der Waals surface area contributed by atoms with Crippen LogP contribution in [0.25, 0.3) is 16.8 Å². The number of unbranched alkanes of at least 4 members (excludes halogenated alkanes) is 2. The van der Waals surface area contributed by atoms with Crippen LogP contribution in [-0.2, 0) is 13.0 Å². The van der Waals surface area contributed by atoms with E-state index in [0.29, 0.717) is 48.7 Å². The van der Waals surface area contributed by atoms with E-state index >= 15 is 0 Å². The highest BCUT2D eigenvalue weighted by Crippen LogP contribution is 2.32. The lowest BCUT2D eigenvalue weighted by atomic mass is 9.93. The number of aryl methyl sites for hydroxylation is 1. The van der Waals surface area contributed by atoms with Crippen LogP contribution in [-0.4, -0.2) is 55.6 Å². The number of benzene rings is 3. The fraction of sp³-hybridized carbons (Fsp3) is 0.324. The van der Waals surface area contributed by atoms with Crippen molar-refractivity contribution >= 4 is 17.5 Å². The number of nitrogens with zero attached hydrogens (tertiary/aromatic N) is 4. The number of hydrogen-bond donors (Lipinski definition) is 2. The zero-order valence-electron chi connectivity index (χ0n) is 26.3. The molecule has 3 aromatic carbocycles. The van der Waals surface area contributed by atoms with Crippen molar-refractivity contribution in [2.45, 2.75) is 65.5 Å². The van der Waals surface area contributed by atoms with E-state index in [9.17, 15) is 14.7 Å². The number of aromatic nitrogens is 2. The second kappa shape index (κ2) is 14.2. The molecular weight excluding hydrogens is 562 g/mol. The second-order valence-corrected chi connectivity index (χ2v) is 11.6. The first-order chi connectivity index (χ1) is 21.9. The third kappa shape index (κ3) is 6.73. The molecule has 1 aromatic heterocycles. The molecule has 4 aromatic rings. The maximum Gasteiger partial charge on any atom is 0.274 e. The molecule has 45 heavy (non-hydrogen) atoms. The molecule has 0 saturated carbocycles. The summed E-state index contributed by atoms with van der Waals surface area (Å²) in [6.45, 7) is 7.83. The number of amides is 2. The molecule has 0 bridgehead atoms. The Labute approximate surface area is 265 Å². The largest absolute Gasteiger partial charge is 0.462 e. The number of aliphatic hydroxyl groups is 1. The van der Waals surface area contributed by atoms with Crippen LogP contribution >= 0.6 is 0 Å². The second-order valence-electron chi connectivity index (χ2n) is 11.6. The molecule has 0 fully saturated rings. The van der Waals surface area contributed by atoms with Gasteiger partial charge in [-0.3, -0.25) is 9.59 Å². The first kappa shape index (κ1) is 31.4. The topological polar surface area (TPSA) is 105 Å². The number of anilines is 1. The molecular formula is C37H41N5O3. The SMILES string of the molecule is CCCCN(CCCC)C(=O)c1cc(C)n(-c2ccc(-c3ccccc3N)cc2C(=O)N2Cc3ccccc3C[C@H]2C#CO)n1. The molecule has 3 N–H and O–H groups in total. The summed E-state index contributed by atoms with van der Waals surface area (Å²) in [6.07, 6.45) is 6.38. The summed E-state index contributed by atoms with van der Waals surface area (Å²) in [5.41, 5.74) is 12.7. The minimum Gasteiger partial charge on any atom is -0.462 e. The third-order valence-corrected chi connectivity index (χ3v) is 8.42. The van der Waals surface area contributed by atoms with E-state index < -0.39 is 6.04 Å². The summed E-state index contributed by atoms with van der Waals surface area (Å²) in [4.78, 5) is 31.8. The van der Waals surface area contributed by atoms with Crippen LogP contribution in [0, 0.1) is 19.0 Å². The van der Waals surface area contributed by atoms with E-state index in [1.54, 1.807) is 15.6 Å². The predicted molar refractivity (Wildman–Crippen MR) is 177 cm³/mol. The number of nitrogen functional groups attached to an aromatic ring is 1. The Bertz CT molecular complexity index is 1740. The van der Waals surface area contributed by atoms with Gasteiger partial charge >= 0.3 is 0 Å². The summed E-state index contributed by atoms with van der Waals surface area (Å²) in [5, 5.41) is 14.4. The van der Waals surface area contributed by atoms with Gasteiger partial charge in [0.15, 0.2) is 5.69 Å². The highest BCUT2D eigenvalue weighted by molar-refractivity contribution is 6.00. The molecule has 232 valence electrons. The van der Waals surface area contributed by atoms with E-state index in [0.717, 1.165) is 53.6 Å². The van der Waals surface area contributed by atoms with Gasteiger partial charge in [-0.15, -0.1) is 0 Å². The number of carbonyl (C=O) groups is 2. The van der Waals surface area contributed by atoms with E-state index in [1.807, 2.05) is 84.7 Å². The number of nitrogens with two attached hydrogens (primary N) is 1. The van der Waals surface area contributed by atoms with Crippen LogP contribution in [0.3, 0.4) is 0 Å². The Balaban J connectivity index is 1.60. The summed E-state index contributed by atoms with van der Waals surface area (Å²) >= 11 is 0. The van der Waals surface area contributed by atoms with Crippen LogP contribution in [0.1, 0.15) is 77.2 Å². The highest BCUT2D eigenvalue weighted by atomic mass is 16.2. The summed E-state index contributed by atoms with van der Waals surface area (Å²) in [7, 11) is 0. The van der Waals surface area contributed by atoms with Crippen LogP contribution in [0.4, 0.5) is 5.69 Å². The van der Waals surface area contributed by atoms with E-state index in [2.05, 4.69) is 19.8 Å². The summed E-state index contributed by atoms with van der Waals surface area (Å²) in [5.74, 6) is 2.48. The number of para-hydroxylation sites is 1. The molecule has 1 atom stereocenters. The lowest BCUT2D eigenvalue weighted by Crippen LogP contribution is -2.44. The smallest absolute Gasteiger partial charge is 0.274 e. The van der Waals surface area contributed by atoms with E-state index in [1.165, 1.54) is 0 Å². The first-order valence-corrected chi connectivity index (χ1v) is 15.7. The number of aliphatic hydroxyl groups excluding tert-OH is 1. The lowest BCUT2D eigenvalue weighted by molar-refractivity contribution is 0.0688. The van der Waals surface area contributed by atoms with Gasteiger partial charge in [0.05, 0.1) is 11.3 Å². The highest BCUT2D eigenvalue weighted by Gasteiger charge is 2.32. The average Bonchev–Trinajstić information content (AvgIpc) is 3.45. The number of fused-ring (bicyclic) bond motifs is 1. The maximum atomic E-state index is 14.6. The molecule has 2 amide bonds. The monoisotopic (exact) mass is 603 g/mol. The minimum atomic E-state index is -0.516. The van der Waals surface area contributed by atoms with Gasteiger partial charge in [-0.05, 0) is 66.6 Å². The van der Waals surface area contributed by atoms with Gasteiger partial charge in [0.25, 0.3) is 11.8 Å². The molecule has 0 radical (unpaired) electrons. The Morgan fingerprint density at radius 3 is 2.36 bits per heavy atom. The van der Waals surface area contributed by atoms with Crippen LogP contribution < -0.4 is 5.73 Å². The Kier molecular flexibility index (Phi) is 9.89. The molecule has 1 aliphatic rings. The number of carbonyl (C=O) groups excluding carboxylic acids is 2. The lowest BCUT2D eigenvalue weighted by Gasteiger charge is -2.34. The Morgan fingerprint density at radius 2 is 1.67 bits per heavy atom. The van der Waals surface area contributed by atoms with Gasteiger partial charge in [-0.1, -0.05) is 75.2 Å². The fourth-order valence-corrected chi connectivity index (χ4v) is 5.91. The molecule has 2 heterocycles. The van der Waals surface area contributed by atoms with Crippen molar-refractivity contribution in [2.75, 3.05) is 18.8 Å². The van der Waals surface area contributed by atoms with Crippen LogP contribution in [0.15, 0.2) is 72.8 Å². The number of hydrogen-bond acceptors (Lipinski definition) is 5. The summed E-state index contributed by atoms with van der Waals surface area (Å²) in [6, 6.07) is 22.4. The van der Waals surface area contributed by atoms with E-state index in [-0.39, 0.29) is 11.8 Å². The predicted octanol–water partition coefficient (Wildman–Crippen LogP) is 6.37. The maximum absolute atomic E-state index is 14.6. The van der Waals surface area contributed by atoms with Crippen molar-refractivity contribution in [3.8, 4) is 28.8 Å². The standard InChI is InChI=1S/C37H41N5O3/c1-4-6-19-40(20-7-5-2)37(45)34-22-26(3)42(39-34)35-17-16-28(31-14-10-11-15-33(31)38)24-32(35)36(44)41-25-29-13-9-8-12-27(29)23-30(41)18-21-43/h8-17,22,24,30,43H,4-7,19-20,23,25,38H2,1-3H3/t30-/m1/s1. The molecule has 1 aliphatic heterocycles. The van der Waals surface area contributed by atoms with Gasteiger partial charge in [0, 0.05) is 43.0 Å². The molecule has 0 unspecified atom stereocenters. The molecule has 8 heteroatoms. The van der Waals surface area contributed by atoms with Crippen molar-refractivity contribution in [1.29, 1.82) is 0 Å². The normalized spacial score (nSPS) is 13.9. The Hall–Kier alpha value is -5.03. The average molecular weight is 604 g/mol. The minimum absolute atomic E-state index is 0.105. The van der Waals surface area contributed by atoms with Crippen molar-refractivity contribution in [2.24, 2.45) is 0 Å². The van der Waals surface area contributed by atoms with Crippen molar-refractivity contribution < 1.29 is 14.7 Å². The zero-order valence-corrected chi connectivity index (χ0v) is 26.3. The molecule has 0 spiro atoms. The molecule has 0 saturated heterocycles. The van der Waals surface area contributed by atoms with Gasteiger partial charge in [-0.2, -0.15) is 5.10 Å². The van der Waals surface area contributed by atoms with E-state index in [4.69, 9.17) is 10.8 Å². The Morgan fingerprint density at radius 1 is 0.978 bits per heavy atom. The fourth-order valence-electron chi connectivity index (χ4n) is 5.91. The van der Waals surface area contributed by atoms with Gasteiger partial charge in [-0.25, -0.2) is 4.68 Å². The molecule has 0 aliphatic carbocycles. The van der Waals surface area contributed by atoms with Gasteiger partial charge < -0.3 is 20.6 Å². The van der Waals surface area contributed by atoms with Crippen molar-refractivity contribution in [3.63, 3.8) is 0 Å². The van der Waals surface area contributed by atoms with Crippen LogP contribution in [0.5, 0.6) is 0 Å². The van der Waals surface area contributed by atoms with Crippen molar-refractivity contribution in [3.05, 3.63) is 101 Å². The summed E-state index contributed by atoms with van der Waals surface area (Å²) < 4.78 is 1.68. The third-order valence-electron chi connectivity index (χ3n) is 8.42. The van der Waals surface area contributed by atoms with Gasteiger partial charge in [0.1, 0.15) is 12.1 Å². The number of rotatable bonds is 10. The molecule has 5 rings (SSSR count). The van der Waals surface area contributed by atoms with Gasteiger partial charge in [0.2, 0.25) is 0 Å². The van der Waals surface area contributed by atoms with Crippen molar-refractivity contribution in [1.82, 2.24) is 19.6 Å². The first-order valence-electron chi connectivity index (χ1n) is 15.7. The van der Waals surface area contributed by atoms with Crippen LogP contribution in [0.2, 0.25) is 0 Å². The zero-order chi connectivity index (χ0) is 31.9. The molecule has 8 nitrogen and oxygen atoms in total. The quantitative estimate of drug-likeness (QED) is 0.162.